The van der Waals surface area contributed by atoms with Crippen molar-refractivity contribution in [3.05, 3.63) is 0 Å². The number of hydrogen-bond donors (Lipinski definition) is 3. The Morgan fingerprint density at radius 2 is 2.00 bits per heavy atom. The van der Waals surface area contributed by atoms with Gasteiger partial charge in [-0.3, -0.25) is 9.59 Å². The fourth-order valence-electron chi connectivity index (χ4n) is 2.92. The van der Waals surface area contributed by atoms with E-state index in [4.69, 9.17) is 0 Å². The molecule has 2 aliphatic rings. The molecule has 1 unspecified atom stereocenters. The molecule has 2 fully saturated rings. The Labute approximate surface area is 120 Å². The number of aliphatic hydroxyl groups is 1. The Balaban J connectivity index is 1.77. The maximum absolute atomic E-state index is 12.0. The summed E-state index contributed by atoms with van der Waals surface area (Å²) in [6.07, 6.45) is 4.46. The second-order valence-electron chi connectivity index (χ2n) is 7.15. The van der Waals surface area contributed by atoms with Crippen molar-refractivity contribution in [2.24, 2.45) is 11.3 Å². The quantitative estimate of drug-likeness (QED) is 0.721. The molecular formula is C15H26N2O3. The van der Waals surface area contributed by atoms with Crippen molar-refractivity contribution >= 4 is 11.8 Å². The van der Waals surface area contributed by atoms with E-state index >= 15 is 0 Å². The first-order valence-electron chi connectivity index (χ1n) is 7.57. The third kappa shape index (κ3) is 3.95. The average Bonchev–Trinajstić information content (AvgIpc) is 2.41. The summed E-state index contributed by atoms with van der Waals surface area (Å²) in [7, 11) is 0. The SMILES string of the molecule is CC1(C)CCC(O)(CNC(=O)C2CCC(=O)NC2)CC1. The lowest BCUT2D eigenvalue weighted by molar-refractivity contribution is -0.130. The van der Waals surface area contributed by atoms with Gasteiger partial charge in [0.15, 0.2) is 0 Å². The van der Waals surface area contributed by atoms with Crippen molar-refractivity contribution in [2.45, 2.75) is 58.0 Å². The lowest BCUT2D eigenvalue weighted by Gasteiger charge is -2.40. The number of carbonyl (C=O) groups is 2. The molecule has 20 heavy (non-hydrogen) atoms. The summed E-state index contributed by atoms with van der Waals surface area (Å²) in [6.45, 7) is 5.17. The molecule has 0 radical (unpaired) electrons. The zero-order chi connectivity index (χ0) is 14.8. The Hall–Kier alpha value is -1.10. The van der Waals surface area contributed by atoms with Crippen LogP contribution in [0.25, 0.3) is 0 Å². The molecule has 0 spiro atoms. The van der Waals surface area contributed by atoms with E-state index in [1.54, 1.807) is 0 Å². The summed E-state index contributed by atoms with van der Waals surface area (Å²) in [6, 6.07) is 0. The molecule has 1 atom stereocenters. The second kappa shape index (κ2) is 5.72. The van der Waals surface area contributed by atoms with E-state index in [1.807, 2.05) is 0 Å². The fraction of sp³-hybridized carbons (Fsp3) is 0.867. The molecule has 0 aromatic carbocycles. The third-order valence-corrected chi connectivity index (χ3v) is 4.76. The lowest BCUT2D eigenvalue weighted by Crippen LogP contribution is -2.50. The number of hydrogen-bond acceptors (Lipinski definition) is 3. The first-order valence-corrected chi connectivity index (χ1v) is 7.57. The minimum atomic E-state index is -0.761. The van der Waals surface area contributed by atoms with Gasteiger partial charge in [0, 0.05) is 19.5 Å². The van der Waals surface area contributed by atoms with Crippen LogP contribution in [0.5, 0.6) is 0 Å². The Bertz CT molecular complexity index is 373. The number of nitrogens with one attached hydrogen (secondary N) is 2. The Kier molecular flexibility index (Phi) is 4.37. The van der Waals surface area contributed by atoms with Gasteiger partial charge < -0.3 is 15.7 Å². The van der Waals surface area contributed by atoms with Crippen molar-refractivity contribution in [2.75, 3.05) is 13.1 Å². The van der Waals surface area contributed by atoms with E-state index in [9.17, 15) is 14.7 Å². The first-order chi connectivity index (χ1) is 9.30. The number of piperidine rings is 1. The molecular weight excluding hydrogens is 256 g/mol. The zero-order valence-corrected chi connectivity index (χ0v) is 12.5. The van der Waals surface area contributed by atoms with E-state index in [1.165, 1.54) is 0 Å². The fourth-order valence-corrected chi connectivity index (χ4v) is 2.92. The lowest BCUT2D eigenvalue weighted by atomic mass is 9.71. The molecule has 1 saturated carbocycles. The summed E-state index contributed by atoms with van der Waals surface area (Å²) in [5.74, 6) is -0.193. The van der Waals surface area contributed by atoms with Gasteiger partial charge in [-0.15, -0.1) is 0 Å². The van der Waals surface area contributed by atoms with Gasteiger partial charge >= 0.3 is 0 Å². The highest BCUT2D eigenvalue weighted by molar-refractivity contribution is 5.83. The largest absolute Gasteiger partial charge is 0.388 e. The predicted octanol–water partition coefficient (Wildman–Crippen LogP) is 0.960. The molecule has 2 rings (SSSR count). The standard InChI is InChI=1S/C15H26N2O3/c1-14(2)5-7-15(20,8-6-14)10-17-13(19)11-3-4-12(18)16-9-11/h11,20H,3-10H2,1-2H3,(H,16,18)(H,17,19). The minimum absolute atomic E-state index is 0.0159. The highest BCUT2D eigenvalue weighted by atomic mass is 16.3. The molecule has 1 heterocycles. The van der Waals surface area contributed by atoms with Crippen LogP contribution in [-0.2, 0) is 9.59 Å². The van der Waals surface area contributed by atoms with E-state index in [-0.39, 0.29) is 17.7 Å². The van der Waals surface area contributed by atoms with Crippen LogP contribution in [0.4, 0.5) is 0 Å². The van der Waals surface area contributed by atoms with Gasteiger partial charge in [0.2, 0.25) is 11.8 Å². The highest BCUT2D eigenvalue weighted by Crippen LogP contribution is 2.39. The van der Waals surface area contributed by atoms with Crippen molar-refractivity contribution in [3.63, 3.8) is 0 Å². The molecule has 5 heteroatoms. The minimum Gasteiger partial charge on any atom is -0.388 e. The van der Waals surface area contributed by atoms with Crippen molar-refractivity contribution < 1.29 is 14.7 Å². The van der Waals surface area contributed by atoms with Gasteiger partial charge in [-0.05, 0) is 37.5 Å². The third-order valence-electron chi connectivity index (χ3n) is 4.76. The molecule has 0 bridgehead atoms. The summed E-state index contributed by atoms with van der Waals surface area (Å²) in [5, 5.41) is 16.1. The number of amides is 2. The van der Waals surface area contributed by atoms with Crippen LogP contribution in [0.3, 0.4) is 0 Å². The molecule has 1 aliphatic carbocycles. The van der Waals surface area contributed by atoms with E-state index in [0.717, 1.165) is 25.7 Å². The molecule has 2 amide bonds. The van der Waals surface area contributed by atoms with Crippen molar-refractivity contribution in [1.82, 2.24) is 10.6 Å². The van der Waals surface area contributed by atoms with Crippen LogP contribution >= 0.6 is 0 Å². The maximum atomic E-state index is 12.0. The van der Waals surface area contributed by atoms with Gasteiger partial charge in [0.25, 0.3) is 0 Å². The normalized spacial score (nSPS) is 28.6. The zero-order valence-electron chi connectivity index (χ0n) is 12.5. The highest BCUT2D eigenvalue weighted by Gasteiger charge is 2.37. The molecule has 5 nitrogen and oxygen atoms in total. The monoisotopic (exact) mass is 282 g/mol. The van der Waals surface area contributed by atoms with Crippen LogP contribution in [0.1, 0.15) is 52.4 Å². The topological polar surface area (TPSA) is 78.4 Å². The van der Waals surface area contributed by atoms with Gasteiger partial charge in [0.05, 0.1) is 11.5 Å². The first kappa shape index (κ1) is 15.3. The van der Waals surface area contributed by atoms with E-state index in [2.05, 4.69) is 24.5 Å². The molecule has 3 N–H and O–H groups in total. The van der Waals surface area contributed by atoms with Crippen LogP contribution < -0.4 is 10.6 Å². The molecule has 0 aromatic rings. The van der Waals surface area contributed by atoms with Gasteiger partial charge in [0.1, 0.15) is 0 Å². The Morgan fingerprint density at radius 1 is 1.35 bits per heavy atom. The molecule has 1 aliphatic heterocycles. The number of carbonyl (C=O) groups excluding carboxylic acids is 2. The summed E-state index contributed by atoms with van der Waals surface area (Å²) in [5.41, 5.74) is -0.465. The van der Waals surface area contributed by atoms with Crippen LogP contribution in [-0.4, -0.2) is 35.6 Å². The van der Waals surface area contributed by atoms with Crippen LogP contribution in [0.15, 0.2) is 0 Å². The maximum Gasteiger partial charge on any atom is 0.225 e. The van der Waals surface area contributed by atoms with E-state index < -0.39 is 5.60 Å². The summed E-state index contributed by atoms with van der Waals surface area (Å²) in [4.78, 5) is 23.1. The van der Waals surface area contributed by atoms with Crippen molar-refractivity contribution in [1.29, 1.82) is 0 Å². The van der Waals surface area contributed by atoms with Crippen LogP contribution in [0.2, 0.25) is 0 Å². The van der Waals surface area contributed by atoms with Gasteiger partial charge in [-0.1, -0.05) is 13.8 Å². The number of rotatable bonds is 3. The van der Waals surface area contributed by atoms with Crippen LogP contribution in [0, 0.1) is 11.3 Å². The van der Waals surface area contributed by atoms with Gasteiger partial charge in [-0.2, -0.15) is 0 Å². The summed E-state index contributed by atoms with van der Waals surface area (Å²) >= 11 is 0. The average molecular weight is 282 g/mol. The smallest absolute Gasteiger partial charge is 0.225 e. The molecule has 114 valence electrons. The molecule has 0 aromatic heterocycles. The van der Waals surface area contributed by atoms with E-state index in [0.29, 0.717) is 31.3 Å². The predicted molar refractivity (Wildman–Crippen MR) is 75.9 cm³/mol. The van der Waals surface area contributed by atoms with Gasteiger partial charge in [-0.25, -0.2) is 0 Å². The molecule has 1 saturated heterocycles. The Morgan fingerprint density at radius 3 is 2.55 bits per heavy atom. The second-order valence-corrected chi connectivity index (χ2v) is 7.15. The van der Waals surface area contributed by atoms with Crippen molar-refractivity contribution in [3.8, 4) is 0 Å². The summed E-state index contributed by atoms with van der Waals surface area (Å²) < 4.78 is 0.